The van der Waals surface area contributed by atoms with Crippen molar-refractivity contribution in [2.45, 2.75) is 12.3 Å². The lowest BCUT2D eigenvalue weighted by atomic mass is 9.93. The molecule has 0 spiro atoms. The first-order chi connectivity index (χ1) is 16.9. The molecule has 3 aromatic carbocycles. The number of rotatable bonds is 6. The molecule has 6 nitrogen and oxygen atoms in total. The molecule has 0 aliphatic heterocycles. The Hall–Kier alpha value is -4.23. The van der Waals surface area contributed by atoms with E-state index in [2.05, 4.69) is 9.97 Å². The predicted molar refractivity (Wildman–Crippen MR) is 132 cm³/mol. The Balaban J connectivity index is 1.61. The maximum absolute atomic E-state index is 13.8. The summed E-state index contributed by atoms with van der Waals surface area (Å²) in [7, 11) is 0. The number of amides is 1. The molecule has 1 unspecified atom stereocenters. The highest BCUT2D eigenvalue weighted by Gasteiger charge is 2.27. The molecule has 1 amide bonds. The van der Waals surface area contributed by atoms with Crippen LogP contribution in [0.1, 0.15) is 33.4 Å². The Kier molecular flexibility index (Phi) is 5.93. The number of pyridine rings is 1. The second kappa shape index (κ2) is 9.19. The predicted octanol–water partition coefficient (Wildman–Crippen LogP) is 5.13. The number of imidazole rings is 1. The number of carbonyl (C=O) groups excluding carboxylic acids is 1. The number of aromatic nitrogens is 3. The quantitative estimate of drug-likeness (QED) is 0.257. The minimum Gasteiger partial charge on any atom is -0.618 e. The van der Waals surface area contributed by atoms with Crippen molar-refractivity contribution in [3.05, 3.63) is 124 Å². The number of nitrogens with two attached hydrogens (primary N) is 1. The van der Waals surface area contributed by atoms with Gasteiger partial charge in [0.25, 0.3) is 0 Å². The zero-order valence-corrected chi connectivity index (χ0v) is 19.2. The summed E-state index contributed by atoms with van der Waals surface area (Å²) >= 11 is 6.14. The lowest BCUT2D eigenvalue weighted by molar-refractivity contribution is -0.614. The molecule has 2 aromatic heterocycles. The van der Waals surface area contributed by atoms with Crippen molar-refractivity contribution >= 4 is 28.5 Å². The molecule has 2 heterocycles. The lowest BCUT2D eigenvalue weighted by Gasteiger charge is -2.16. The Bertz CT molecular complexity index is 1550. The zero-order chi connectivity index (χ0) is 24.5. The van der Waals surface area contributed by atoms with Gasteiger partial charge in [0.1, 0.15) is 17.6 Å². The van der Waals surface area contributed by atoms with Gasteiger partial charge >= 0.3 is 0 Å². The molecule has 35 heavy (non-hydrogen) atoms. The summed E-state index contributed by atoms with van der Waals surface area (Å²) in [6.07, 6.45) is 1.89. The number of H-pyrrole nitrogens is 1. The van der Waals surface area contributed by atoms with Crippen LogP contribution in [0, 0.1) is 11.0 Å². The summed E-state index contributed by atoms with van der Waals surface area (Å²) in [6.45, 7) is 0. The fourth-order valence-corrected chi connectivity index (χ4v) is 4.42. The highest BCUT2D eigenvalue weighted by Crippen LogP contribution is 2.30. The first-order valence-corrected chi connectivity index (χ1v) is 11.3. The largest absolute Gasteiger partial charge is 0.618 e. The molecular formula is C27H20ClFN4O2. The maximum Gasteiger partial charge on any atom is 0.249 e. The van der Waals surface area contributed by atoms with Crippen LogP contribution in [-0.2, 0) is 6.42 Å². The molecule has 0 aliphatic carbocycles. The smallest absolute Gasteiger partial charge is 0.249 e. The number of halogens is 2. The third kappa shape index (κ3) is 4.58. The second-order valence-electron chi connectivity index (χ2n) is 8.25. The van der Waals surface area contributed by atoms with Crippen molar-refractivity contribution in [2.24, 2.45) is 5.73 Å². The molecule has 0 saturated carbocycles. The van der Waals surface area contributed by atoms with Crippen molar-refractivity contribution < 1.29 is 13.9 Å². The van der Waals surface area contributed by atoms with Gasteiger partial charge in [0, 0.05) is 27.8 Å². The van der Waals surface area contributed by atoms with Crippen LogP contribution in [0.2, 0.25) is 5.02 Å². The van der Waals surface area contributed by atoms with E-state index < -0.39 is 11.8 Å². The minimum absolute atomic E-state index is 0.266. The topological polar surface area (TPSA) is 98.7 Å². The number of fused-ring (bicyclic) bond motifs is 1. The average Bonchev–Trinajstić information content (AvgIpc) is 3.26. The Morgan fingerprint density at radius 2 is 1.89 bits per heavy atom. The highest BCUT2D eigenvalue weighted by atomic mass is 35.5. The normalized spacial score (nSPS) is 12.1. The van der Waals surface area contributed by atoms with E-state index in [-0.39, 0.29) is 11.4 Å². The van der Waals surface area contributed by atoms with Crippen LogP contribution >= 0.6 is 11.6 Å². The van der Waals surface area contributed by atoms with Gasteiger partial charge in [-0.05, 0) is 54.4 Å². The van der Waals surface area contributed by atoms with Crippen molar-refractivity contribution in [3.63, 3.8) is 0 Å². The van der Waals surface area contributed by atoms with Crippen LogP contribution in [0.15, 0.2) is 85.1 Å². The van der Waals surface area contributed by atoms with Crippen LogP contribution in [0.5, 0.6) is 0 Å². The second-order valence-corrected chi connectivity index (χ2v) is 8.68. The third-order valence-electron chi connectivity index (χ3n) is 5.93. The van der Waals surface area contributed by atoms with Gasteiger partial charge in [0.15, 0.2) is 6.20 Å². The maximum atomic E-state index is 13.8. The number of primary amides is 1. The first-order valence-electron chi connectivity index (χ1n) is 10.9. The van der Waals surface area contributed by atoms with Crippen molar-refractivity contribution in [1.29, 1.82) is 0 Å². The van der Waals surface area contributed by atoms with E-state index in [1.807, 2.05) is 30.3 Å². The zero-order valence-electron chi connectivity index (χ0n) is 18.4. The van der Waals surface area contributed by atoms with Gasteiger partial charge in [-0.1, -0.05) is 41.9 Å². The van der Waals surface area contributed by atoms with Gasteiger partial charge in [0.2, 0.25) is 11.6 Å². The van der Waals surface area contributed by atoms with Gasteiger partial charge in [-0.15, -0.1) is 0 Å². The molecule has 174 valence electrons. The van der Waals surface area contributed by atoms with E-state index in [1.54, 1.807) is 30.3 Å². The fraction of sp³-hybridized carbons (Fsp3) is 0.0741. The molecule has 0 fully saturated rings. The van der Waals surface area contributed by atoms with Crippen LogP contribution in [0.4, 0.5) is 4.39 Å². The van der Waals surface area contributed by atoms with E-state index in [4.69, 9.17) is 17.3 Å². The number of hydrogen-bond acceptors (Lipinski definition) is 3. The molecule has 5 aromatic rings. The van der Waals surface area contributed by atoms with E-state index >= 15 is 0 Å². The summed E-state index contributed by atoms with van der Waals surface area (Å²) in [5.74, 6) is -0.876. The van der Waals surface area contributed by atoms with Gasteiger partial charge in [-0.25, -0.2) is 9.37 Å². The van der Waals surface area contributed by atoms with Crippen LogP contribution < -0.4 is 10.5 Å². The first kappa shape index (κ1) is 22.6. The van der Waals surface area contributed by atoms with E-state index in [1.165, 1.54) is 24.4 Å². The van der Waals surface area contributed by atoms with Gasteiger partial charge in [-0.2, -0.15) is 4.73 Å². The molecule has 0 bridgehead atoms. The monoisotopic (exact) mass is 486 g/mol. The minimum atomic E-state index is -0.616. The number of hydrogen-bond donors (Lipinski definition) is 2. The summed E-state index contributed by atoms with van der Waals surface area (Å²) in [5, 5.41) is 13.7. The molecular weight excluding hydrogens is 467 g/mol. The number of benzene rings is 3. The van der Waals surface area contributed by atoms with E-state index in [9.17, 15) is 14.4 Å². The van der Waals surface area contributed by atoms with Crippen LogP contribution in [0.3, 0.4) is 0 Å². The SMILES string of the molecule is NC(=O)c1ccc(Cl)cc1-c1ccc(C(Cc2ccccc2)c2nc3ccc(F)cc3[nH]2)[n+]([O-])c1. The highest BCUT2D eigenvalue weighted by molar-refractivity contribution is 6.31. The van der Waals surface area contributed by atoms with Crippen LogP contribution in [0.25, 0.3) is 22.2 Å². The molecule has 1 atom stereocenters. The van der Waals surface area contributed by atoms with Crippen molar-refractivity contribution in [3.8, 4) is 11.1 Å². The van der Waals surface area contributed by atoms with Gasteiger partial charge < -0.3 is 15.9 Å². The van der Waals surface area contributed by atoms with Crippen molar-refractivity contribution in [1.82, 2.24) is 9.97 Å². The summed E-state index contributed by atoms with van der Waals surface area (Å²) in [6, 6.07) is 22.2. The number of nitrogens with zero attached hydrogens (tertiary/aromatic N) is 2. The fourth-order valence-electron chi connectivity index (χ4n) is 4.25. The Morgan fingerprint density at radius 3 is 2.63 bits per heavy atom. The van der Waals surface area contributed by atoms with Crippen molar-refractivity contribution in [2.75, 3.05) is 0 Å². The molecule has 5 rings (SSSR count). The van der Waals surface area contributed by atoms with E-state index in [0.29, 0.717) is 45.1 Å². The standard InChI is InChI=1S/C27H20ClFN4O2/c28-18-7-9-20(26(30)34)21(13-18)17-6-11-25(33(35)15-17)22(12-16-4-2-1-3-5-16)27-31-23-10-8-19(29)14-24(23)32-27/h1-11,13-15,22H,12H2,(H2,30,34)(H,31,32). The average molecular weight is 487 g/mol. The Morgan fingerprint density at radius 1 is 1.09 bits per heavy atom. The summed E-state index contributed by atoms with van der Waals surface area (Å²) in [4.78, 5) is 19.7. The van der Waals surface area contributed by atoms with Crippen LogP contribution in [-0.4, -0.2) is 15.9 Å². The van der Waals surface area contributed by atoms with Gasteiger partial charge in [0.05, 0.1) is 11.0 Å². The molecule has 0 saturated heterocycles. The molecule has 8 heteroatoms. The number of aromatic amines is 1. The third-order valence-corrected chi connectivity index (χ3v) is 6.17. The summed E-state index contributed by atoms with van der Waals surface area (Å²) < 4.78 is 14.5. The van der Waals surface area contributed by atoms with E-state index in [0.717, 1.165) is 10.3 Å². The lowest BCUT2D eigenvalue weighted by Crippen LogP contribution is -2.34. The number of carbonyl (C=O) groups is 1. The molecule has 3 N–H and O–H groups in total. The molecule has 0 aliphatic rings. The Labute approximate surface area is 205 Å². The van der Waals surface area contributed by atoms with Gasteiger partial charge in [-0.3, -0.25) is 4.79 Å². The molecule has 0 radical (unpaired) electrons. The summed E-state index contributed by atoms with van der Waals surface area (Å²) in [5.41, 5.74) is 9.38. The number of nitrogens with one attached hydrogen (secondary N) is 1.